The molecule has 0 radical (unpaired) electrons. The zero-order valence-electron chi connectivity index (χ0n) is 16.5. The van der Waals surface area contributed by atoms with Gasteiger partial charge in [0.1, 0.15) is 0 Å². The number of hydrogen-bond acceptors (Lipinski definition) is 5. The fraction of sp³-hybridized carbons (Fsp3) is 0.333. The molecule has 1 aliphatic rings. The third-order valence-corrected chi connectivity index (χ3v) is 5.05. The summed E-state index contributed by atoms with van der Waals surface area (Å²) in [5.74, 6) is 1.63. The van der Waals surface area contributed by atoms with Gasteiger partial charge in [0.2, 0.25) is 0 Å². The van der Waals surface area contributed by atoms with E-state index in [0.29, 0.717) is 18.9 Å². The Hall–Kier alpha value is -3.22. The van der Waals surface area contributed by atoms with Crippen molar-refractivity contribution < 1.29 is 4.79 Å². The summed E-state index contributed by atoms with van der Waals surface area (Å²) in [4.78, 5) is 16.7. The number of nitrogens with zero attached hydrogens (tertiary/aromatic N) is 6. The summed E-state index contributed by atoms with van der Waals surface area (Å²) in [6.07, 6.45) is 0. The van der Waals surface area contributed by atoms with Crippen molar-refractivity contribution in [3.8, 4) is 5.82 Å². The summed E-state index contributed by atoms with van der Waals surface area (Å²) in [6.45, 7) is 8.81. The Balaban J connectivity index is 1.40. The van der Waals surface area contributed by atoms with Gasteiger partial charge in [0.15, 0.2) is 11.6 Å². The molecule has 1 fully saturated rings. The lowest BCUT2D eigenvalue weighted by Crippen LogP contribution is -2.49. The Kier molecular flexibility index (Phi) is 4.81. The number of aromatic nitrogens is 4. The molecule has 3 aromatic rings. The molecular weight excluding hydrogens is 352 g/mol. The summed E-state index contributed by atoms with van der Waals surface area (Å²) in [7, 11) is 0. The third-order valence-electron chi connectivity index (χ3n) is 5.05. The van der Waals surface area contributed by atoms with E-state index < -0.39 is 0 Å². The smallest absolute Gasteiger partial charge is 0.253 e. The first-order valence-electron chi connectivity index (χ1n) is 9.49. The summed E-state index contributed by atoms with van der Waals surface area (Å²) >= 11 is 0. The average Bonchev–Trinajstić information content (AvgIpc) is 3.06. The van der Waals surface area contributed by atoms with Gasteiger partial charge in [-0.05, 0) is 51.1 Å². The molecule has 1 amide bonds. The lowest BCUT2D eigenvalue weighted by atomic mass is 10.1. The number of aryl methyl sites for hydroxylation is 3. The molecule has 1 aliphatic heterocycles. The largest absolute Gasteiger partial charge is 0.352 e. The van der Waals surface area contributed by atoms with Crippen LogP contribution in [-0.4, -0.2) is 57.0 Å². The van der Waals surface area contributed by atoms with Crippen LogP contribution >= 0.6 is 0 Å². The standard InChI is InChI=1S/C21H24N6O/c1-15-4-6-18(7-5-15)21(28)26-12-10-25(11-13-26)19-8-9-20(23-22-19)27-17(3)14-16(2)24-27/h4-9,14H,10-13H2,1-3H3. The topological polar surface area (TPSA) is 67.2 Å². The SMILES string of the molecule is Cc1ccc(C(=O)N2CCN(c3ccc(-n4nc(C)cc4C)nn3)CC2)cc1. The van der Waals surface area contributed by atoms with E-state index in [1.165, 1.54) is 0 Å². The van der Waals surface area contributed by atoms with E-state index in [4.69, 9.17) is 0 Å². The first-order chi connectivity index (χ1) is 13.5. The monoisotopic (exact) mass is 376 g/mol. The Morgan fingerprint density at radius 1 is 0.857 bits per heavy atom. The molecule has 144 valence electrons. The predicted molar refractivity (Wildman–Crippen MR) is 108 cm³/mol. The van der Waals surface area contributed by atoms with Gasteiger partial charge in [-0.15, -0.1) is 10.2 Å². The van der Waals surface area contributed by atoms with Gasteiger partial charge >= 0.3 is 0 Å². The second kappa shape index (κ2) is 7.42. The molecule has 7 heteroatoms. The molecule has 2 aromatic heterocycles. The van der Waals surface area contributed by atoms with Crippen LogP contribution in [0.4, 0.5) is 5.82 Å². The molecule has 1 saturated heterocycles. The highest BCUT2D eigenvalue weighted by Gasteiger charge is 2.23. The quantitative estimate of drug-likeness (QED) is 0.703. The zero-order valence-corrected chi connectivity index (χ0v) is 16.5. The highest BCUT2D eigenvalue weighted by molar-refractivity contribution is 5.94. The van der Waals surface area contributed by atoms with E-state index in [1.54, 1.807) is 4.68 Å². The fourth-order valence-electron chi connectivity index (χ4n) is 3.48. The first-order valence-corrected chi connectivity index (χ1v) is 9.49. The van der Waals surface area contributed by atoms with Crippen LogP contribution in [0.25, 0.3) is 5.82 Å². The van der Waals surface area contributed by atoms with Crippen LogP contribution in [0.2, 0.25) is 0 Å². The van der Waals surface area contributed by atoms with Crippen LogP contribution in [0.15, 0.2) is 42.5 Å². The van der Waals surface area contributed by atoms with Crippen molar-refractivity contribution in [1.29, 1.82) is 0 Å². The van der Waals surface area contributed by atoms with Gasteiger partial charge in [-0.1, -0.05) is 17.7 Å². The van der Waals surface area contributed by atoms with Crippen LogP contribution in [0, 0.1) is 20.8 Å². The van der Waals surface area contributed by atoms with Gasteiger partial charge in [0.05, 0.1) is 5.69 Å². The van der Waals surface area contributed by atoms with Gasteiger partial charge < -0.3 is 9.80 Å². The molecule has 1 aromatic carbocycles. The van der Waals surface area contributed by atoms with Gasteiger partial charge in [0, 0.05) is 37.4 Å². The number of hydrogen-bond donors (Lipinski definition) is 0. The molecule has 0 N–H and O–H groups in total. The van der Waals surface area contributed by atoms with Crippen molar-refractivity contribution in [1.82, 2.24) is 24.9 Å². The van der Waals surface area contributed by atoms with E-state index in [-0.39, 0.29) is 5.91 Å². The van der Waals surface area contributed by atoms with Crippen LogP contribution in [-0.2, 0) is 0 Å². The van der Waals surface area contributed by atoms with Crippen molar-refractivity contribution in [2.45, 2.75) is 20.8 Å². The number of rotatable bonds is 3. The maximum atomic E-state index is 12.7. The Morgan fingerprint density at radius 2 is 1.50 bits per heavy atom. The zero-order chi connectivity index (χ0) is 19.7. The Bertz CT molecular complexity index is 969. The molecule has 3 heterocycles. The molecule has 4 rings (SSSR count). The van der Waals surface area contributed by atoms with Crippen LogP contribution in [0.5, 0.6) is 0 Å². The number of benzene rings is 1. The van der Waals surface area contributed by atoms with Crippen LogP contribution in [0.1, 0.15) is 27.3 Å². The van der Waals surface area contributed by atoms with Crippen molar-refractivity contribution >= 4 is 11.7 Å². The average molecular weight is 376 g/mol. The summed E-state index contributed by atoms with van der Waals surface area (Å²) in [6, 6.07) is 13.7. The minimum absolute atomic E-state index is 0.0885. The van der Waals surface area contributed by atoms with E-state index in [9.17, 15) is 4.79 Å². The fourth-order valence-corrected chi connectivity index (χ4v) is 3.48. The van der Waals surface area contributed by atoms with Crippen molar-refractivity contribution in [3.63, 3.8) is 0 Å². The minimum atomic E-state index is 0.0885. The number of piperazine rings is 1. The Morgan fingerprint density at radius 3 is 2.07 bits per heavy atom. The lowest BCUT2D eigenvalue weighted by molar-refractivity contribution is 0.0746. The molecule has 0 unspecified atom stereocenters. The predicted octanol–water partition coefficient (Wildman–Crippen LogP) is 2.55. The molecule has 0 atom stereocenters. The molecular formula is C21H24N6O. The number of anilines is 1. The second-order valence-electron chi connectivity index (χ2n) is 7.23. The van der Waals surface area contributed by atoms with Gasteiger partial charge in [-0.3, -0.25) is 4.79 Å². The van der Waals surface area contributed by atoms with Gasteiger partial charge in [0.25, 0.3) is 5.91 Å². The minimum Gasteiger partial charge on any atom is -0.352 e. The molecule has 28 heavy (non-hydrogen) atoms. The van der Waals surface area contributed by atoms with E-state index in [2.05, 4.69) is 20.2 Å². The van der Waals surface area contributed by atoms with Crippen molar-refractivity contribution in [3.05, 3.63) is 65.0 Å². The molecule has 0 aliphatic carbocycles. The highest BCUT2D eigenvalue weighted by atomic mass is 16.2. The third kappa shape index (κ3) is 3.60. The molecule has 0 bridgehead atoms. The maximum Gasteiger partial charge on any atom is 0.253 e. The van der Waals surface area contributed by atoms with Crippen molar-refractivity contribution in [2.75, 3.05) is 31.1 Å². The number of amides is 1. The van der Waals surface area contributed by atoms with E-state index in [1.807, 2.05) is 68.1 Å². The normalized spacial score (nSPS) is 14.4. The van der Waals surface area contributed by atoms with E-state index in [0.717, 1.165) is 41.4 Å². The second-order valence-corrected chi connectivity index (χ2v) is 7.23. The lowest BCUT2D eigenvalue weighted by Gasteiger charge is -2.35. The van der Waals surface area contributed by atoms with Gasteiger partial charge in [-0.2, -0.15) is 5.10 Å². The summed E-state index contributed by atoms with van der Waals surface area (Å²) < 4.78 is 1.80. The maximum absolute atomic E-state index is 12.7. The van der Waals surface area contributed by atoms with Crippen LogP contribution in [0.3, 0.4) is 0 Å². The highest BCUT2D eigenvalue weighted by Crippen LogP contribution is 2.17. The molecule has 0 spiro atoms. The van der Waals surface area contributed by atoms with Crippen molar-refractivity contribution in [2.24, 2.45) is 0 Å². The number of carbonyl (C=O) groups excluding carboxylic acids is 1. The van der Waals surface area contributed by atoms with E-state index >= 15 is 0 Å². The van der Waals surface area contributed by atoms with Gasteiger partial charge in [-0.25, -0.2) is 4.68 Å². The molecule has 7 nitrogen and oxygen atoms in total. The summed E-state index contributed by atoms with van der Waals surface area (Å²) in [5.41, 5.74) is 3.89. The first kappa shape index (κ1) is 18.2. The Labute approximate surface area is 164 Å². The summed E-state index contributed by atoms with van der Waals surface area (Å²) in [5, 5.41) is 13.2. The number of carbonyl (C=O) groups is 1. The molecule has 0 saturated carbocycles. The van der Waals surface area contributed by atoms with Crippen LogP contribution < -0.4 is 4.90 Å².